The summed E-state index contributed by atoms with van der Waals surface area (Å²) in [5, 5.41) is 10.1. The zero-order valence-corrected chi connectivity index (χ0v) is 13.2. The van der Waals surface area contributed by atoms with Crippen molar-refractivity contribution in [3.63, 3.8) is 0 Å². The number of aliphatic hydroxyl groups is 1. The summed E-state index contributed by atoms with van der Waals surface area (Å²) >= 11 is 0. The van der Waals surface area contributed by atoms with E-state index in [-0.39, 0.29) is 6.61 Å². The molecule has 2 atom stereocenters. The standard InChI is InChI=1S/C17H22O5/c1-10-4-6-13-14(9-21-12(3)18)17(20)22-16(13)8-11(2)15(19)7-5-10/h5,8,15-16,19H,4,6-7,9H2,1-3H3/b10-5+,11-8?/t15-,16+/m0/s1. The van der Waals surface area contributed by atoms with E-state index in [0.29, 0.717) is 18.4 Å². The number of carbonyl (C=O) groups excluding carboxylic acids is 2. The van der Waals surface area contributed by atoms with Crippen LogP contribution in [0.5, 0.6) is 0 Å². The van der Waals surface area contributed by atoms with Gasteiger partial charge < -0.3 is 14.6 Å². The highest BCUT2D eigenvalue weighted by molar-refractivity contribution is 5.93. The molecule has 0 fully saturated rings. The Morgan fingerprint density at radius 2 is 2.14 bits per heavy atom. The van der Waals surface area contributed by atoms with Crippen LogP contribution in [-0.2, 0) is 19.1 Å². The van der Waals surface area contributed by atoms with Crippen molar-refractivity contribution in [3.05, 3.63) is 34.4 Å². The van der Waals surface area contributed by atoms with Crippen molar-refractivity contribution in [2.24, 2.45) is 0 Å². The Labute approximate surface area is 130 Å². The number of aliphatic hydroxyl groups excluding tert-OH is 1. The van der Waals surface area contributed by atoms with Crippen LogP contribution in [0.15, 0.2) is 34.4 Å². The van der Waals surface area contributed by atoms with Crippen LogP contribution in [0.3, 0.4) is 0 Å². The highest BCUT2D eigenvalue weighted by Crippen LogP contribution is 2.31. The van der Waals surface area contributed by atoms with Gasteiger partial charge in [-0.25, -0.2) is 4.79 Å². The Morgan fingerprint density at radius 1 is 1.41 bits per heavy atom. The van der Waals surface area contributed by atoms with Crippen LogP contribution in [-0.4, -0.2) is 35.9 Å². The van der Waals surface area contributed by atoms with Crippen LogP contribution in [0.4, 0.5) is 0 Å². The summed E-state index contributed by atoms with van der Waals surface area (Å²) in [4.78, 5) is 23.0. The zero-order chi connectivity index (χ0) is 16.3. The molecule has 0 saturated heterocycles. The summed E-state index contributed by atoms with van der Waals surface area (Å²) in [5.74, 6) is -0.872. The zero-order valence-electron chi connectivity index (χ0n) is 13.2. The molecule has 0 unspecified atom stereocenters. The maximum Gasteiger partial charge on any atom is 0.338 e. The third kappa shape index (κ3) is 3.85. The summed E-state index contributed by atoms with van der Waals surface area (Å²) in [7, 11) is 0. The van der Waals surface area contributed by atoms with Crippen molar-refractivity contribution in [1.82, 2.24) is 0 Å². The summed E-state index contributed by atoms with van der Waals surface area (Å²) in [6.45, 7) is 5.08. The van der Waals surface area contributed by atoms with Crippen molar-refractivity contribution in [1.29, 1.82) is 0 Å². The lowest BCUT2D eigenvalue weighted by molar-refractivity contribution is -0.142. The molecule has 0 spiro atoms. The van der Waals surface area contributed by atoms with Crippen LogP contribution < -0.4 is 0 Å². The quantitative estimate of drug-likeness (QED) is 0.625. The number of hydrogen-bond acceptors (Lipinski definition) is 5. The van der Waals surface area contributed by atoms with Crippen LogP contribution in [0.25, 0.3) is 0 Å². The van der Waals surface area contributed by atoms with E-state index in [4.69, 9.17) is 9.47 Å². The molecule has 1 N–H and O–H groups in total. The fourth-order valence-corrected chi connectivity index (χ4v) is 2.60. The molecule has 2 aliphatic rings. The van der Waals surface area contributed by atoms with E-state index in [9.17, 15) is 14.7 Å². The van der Waals surface area contributed by atoms with Crippen LogP contribution in [0, 0.1) is 0 Å². The lowest BCUT2D eigenvalue weighted by Gasteiger charge is -2.17. The average molecular weight is 306 g/mol. The van der Waals surface area contributed by atoms with Crippen molar-refractivity contribution < 1.29 is 24.2 Å². The number of esters is 2. The molecule has 0 bridgehead atoms. The molecule has 0 amide bonds. The number of carbonyl (C=O) groups is 2. The molecule has 5 heteroatoms. The van der Waals surface area contributed by atoms with Gasteiger partial charge in [0.25, 0.3) is 0 Å². The molecule has 0 radical (unpaired) electrons. The van der Waals surface area contributed by atoms with Gasteiger partial charge in [-0.15, -0.1) is 0 Å². The third-order valence-electron chi connectivity index (χ3n) is 4.05. The summed E-state index contributed by atoms with van der Waals surface area (Å²) in [6.07, 6.45) is 4.78. The van der Waals surface area contributed by atoms with Crippen molar-refractivity contribution in [3.8, 4) is 0 Å². The van der Waals surface area contributed by atoms with Crippen molar-refractivity contribution in [2.75, 3.05) is 6.61 Å². The molecule has 5 nitrogen and oxygen atoms in total. The fourth-order valence-electron chi connectivity index (χ4n) is 2.60. The SMILES string of the molecule is CC(=O)OCC1=C2CC/C(C)=C/C[C@H](O)C(C)=C[C@H]2OC1=O. The Morgan fingerprint density at radius 3 is 2.82 bits per heavy atom. The van der Waals surface area contributed by atoms with Gasteiger partial charge in [0.1, 0.15) is 12.7 Å². The minimum atomic E-state index is -0.578. The maximum atomic E-state index is 12.0. The predicted octanol–water partition coefficient (Wildman–Crippen LogP) is 2.21. The Hall–Kier alpha value is -1.88. The molecule has 0 saturated carbocycles. The third-order valence-corrected chi connectivity index (χ3v) is 4.05. The molecule has 1 heterocycles. The second-order valence-corrected chi connectivity index (χ2v) is 5.82. The first-order valence-electron chi connectivity index (χ1n) is 7.46. The van der Waals surface area contributed by atoms with Crippen LogP contribution in [0.2, 0.25) is 0 Å². The number of ether oxygens (including phenoxy) is 2. The van der Waals surface area contributed by atoms with Gasteiger partial charge in [0.05, 0.1) is 11.7 Å². The number of hydrogen-bond donors (Lipinski definition) is 1. The molecule has 1 aliphatic carbocycles. The van der Waals surface area contributed by atoms with Gasteiger partial charge in [-0.1, -0.05) is 11.6 Å². The summed E-state index contributed by atoms with van der Waals surface area (Å²) in [6, 6.07) is 0. The van der Waals surface area contributed by atoms with E-state index < -0.39 is 24.1 Å². The number of rotatable bonds is 2. The monoisotopic (exact) mass is 306 g/mol. The van der Waals surface area contributed by atoms with Gasteiger partial charge in [0, 0.05) is 6.92 Å². The largest absolute Gasteiger partial charge is 0.461 e. The molecule has 0 aromatic rings. The number of allylic oxidation sites excluding steroid dienone is 1. The smallest absolute Gasteiger partial charge is 0.338 e. The maximum absolute atomic E-state index is 12.0. The molecule has 2 rings (SSSR count). The highest BCUT2D eigenvalue weighted by atomic mass is 16.6. The van der Waals surface area contributed by atoms with Gasteiger partial charge in [0.15, 0.2) is 0 Å². The predicted molar refractivity (Wildman–Crippen MR) is 80.9 cm³/mol. The van der Waals surface area contributed by atoms with Crippen LogP contribution in [0.1, 0.15) is 40.0 Å². The van der Waals surface area contributed by atoms with Crippen molar-refractivity contribution in [2.45, 2.75) is 52.2 Å². The van der Waals surface area contributed by atoms with Gasteiger partial charge in [-0.2, -0.15) is 0 Å². The second kappa shape index (κ2) is 6.92. The topological polar surface area (TPSA) is 72.8 Å². The van der Waals surface area contributed by atoms with Crippen molar-refractivity contribution >= 4 is 11.9 Å². The average Bonchev–Trinajstić information content (AvgIpc) is 2.74. The normalized spacial score (nSPS) is 28.3. The van der Waals surface area contributed by atoms with Gasteiger partial charge in [-0.3, -0.25) is 4.79 Å². The fraction of sp³-hybridized carbons (Fsp3) is 0.529. The number of fused-ring (bicyclic) bond motifs is 1. The first-order valence-corrected chi connectivity index (χ1v) is 7.46. The minimum absolute atomic E-state index is 0.0573. The van der Waals surface area contributed by atoms with Gasteiger partial charge in [-0.05, 0) is 50.3 Å². The van der Waals surface area contributed by atoms with E-state index in [1.807, 2.05) is 19.9 Å². The molecular weight excluding hydrogens is 284 g/mol. The van der Waals surface area contributed by atoms with E-state index in [0.717, 1.165) is 23.1 Å². The molecule has 120 valence electrons. The summed E-state index contributed by atoms with van der Waals surface area (Å²) < 4.78 is 10.4. The van der Waals surface area contributed by atoms with Gasteiger partial charge in [0.2, 0.25) is 0 Å². The Kier molecular flexibility index (Phi) is 5.19. The highest BCUT2D eigenvalue weighted by Gasteiger charge is 2.33. The molecule has 0 aromatic heterocycles. The van der Waals surface area contributed by atoms with E-state index >= 15 is 0 Å². The lowest BCUT2D eigenvalue weighted by atomic mass is 9.93. The molecular formula is C17H22O5. The summed E-state index contributed by atoms with van der Waals surface area (Å²) in [5.41, 5.74) is 3.20. The van der Waals surface area contributed by atoms with Gasteiger partial charge >= 0.3 is 11.9 Å². The first kappa shape index (κ1) is 16.5. The molecule has 0 aromatic carbocycles. The van der Waals surface area contributed by atoms with E-state index in [2.05, 4.69) is 0 Å². The van der Waals surface area contributed by atoms with E-state index in [1.54, 1.807) is 6.08 Å². The molecule has 1 aliphatic heterocycles. The minimum Gasteiger partial charge on any atom is -0.461 e. The Bertz CT molecular complexity index is 568. The first-order chi connectivity index (χ1) is 10.4. The second-order valence-electron chi connectivity index (χ2n) is 5.82. The molecule has 22 heavy (non-hydrogen) atoms. The van der Waals surface area contributed by atoms with Crippen LogP contribution >= 0.6 is 0 Å². The Balaban J connectivity index is 2.34. The lowest BCUT2D eigenvalue weighted by Crippen LogP contribution is -2.15. The van der Waals surface area contributed by atoms with E-state index in [1.165, 1.54) is 6.92 Å².